The Labute approximate surface area is 358 Å². The molecule has 0 radical (unpaired) electrons. The van der Waals surface area contributed by atoms with Gasteiger partial charge >= 0.3 is 5.97 Å². The number of carbonyl (C=O) groups excluding carboxylic acids is 1. The van der Waals surface area contributed by atoms with Gasteiger partial charge in [0.05, 0.1) is 60.9 Å². The van der Waals surface area contributed by atoms with Crippen LogP contribution in [0.25, 0.3) is 0 Å². The predicted octanol–water partition coefficient (Wildman–Crippen LogP) is 7.18. The van der Waals surface area contributed by atoms with E-state index in [1.54, 1.807) is 21.0 Å². The van der Waals surface area contributed by atoms with Crippen molar-refractivity contribution in [1.82, 2.24) is 0 Å². The van der Waals surface area contributed by atoms with Crippen molar-refractivity contribution in [2.75, 3.05) is 13.7 Å². The number of carboxylic acids is 1. The lowest BCUT2D eigenvalue weighted by molar-refractivity contribution is -0.382. The monoisotopic (exact) mass is 851 g/mol. The molecule has 344 valence electrons. The fourth-order valence-corrected chi connectivity index (χ4v) is 11.7. The van der Waals surface area contributed by atoms with Gasteiger partial charge in [0.25, 0.3) is 0 Å². The standard InChI is InChI=1S/C47H78O13/c1-25(19-26(2)41(49)27(3)20-29(5)43(50)51)36-23-37(55-40-16-14-35(53-12)34(10)54-40)33(9)46(56-36)18-17-44(11,60-46)39-15-13-30(6)47(58-39)32(8)22-38(57-47)42-28(4)21-31(7)45(52,24-48)59-42/h19,25,27-40,42,48,52H,13-18,20-24H2,1-12H3,(H,50,51)/b26-19+/t25-,27+,28-,29-,30+,31-,32-,33+,34+,35-,36-,37+,38+,39+,40-,42-,44-,45-,46+,47+/m0/s1. The first-order valence-corrected chi connectivity index (χ1v) is 23.1. The summed E-state index contributed by atoms with van der Waals surface area (Å²) >= 11 is 0. The van der Waals surface area contributed by atoms with Crippen molar-refractivity contribution in [2.24, 2.45) is 47.3 Å². The highest BCUT2D eigenvalue weighted by molar-refractivity contribution is 5.96. The number of aliphatic hydroxyl groups is 2. The molecule has 0 aromatic heterocycles. The Kier molecular flexibility index (Phi) is 14.8. The van der Waals surface area contributed by atoms with E-state index in [1.165, 1.54) is 0 Å². The number of aliphatic hydroxyl groups excluding tert-OH is 1. The summed E-state index contributed by atoms with van der Waals surface area (Å²) in [6.45, 7) is 21.6. The summed E-state index contributed by atoms with van der Waals surface area (Å²) in [6, 6.07) is 0. The molecule has 0 amide bonds. The molecule has 6 heterocycles. The van der Waals surface area contributed by atoms with Crippen molar-refractivity contribution in [3.8, 4) is 0 Å². The van der Waals surface area contributed by atoms with Crippen LogP contribution in [0.3, 0.4) is 0 Å². The zero-order valence-corrected chi connectivity index (χ0v) is 38.5. The maximum absolute atomic E-state index is 13.5. The van der Waals surface area contributed by atoms with E-state index < -0.39 is 53.7 Å². The van der Waals surface area contributed by atoms with Crippen LogP contribution in [0.2, 0.25) is 0 Å². The number of hydrogen-bond donors (Lipinski definition) is 3. The maximum Gasteiger partial charge on any atom is 0.306 e. The number of ketones is 1. The van der Waals surface area contributed by atoms with E-state index in [2.05, 4.69) is 41.5 Å². The van der Waals surface area contributed by atoms with Gasteiger partial charge in [-0.15, -0.1) is 0 Å². The van der Waals surface area contributed by atoms with Gasteiger partial charge in [0.2, 0.25) is 0 Å². The van der Waals surface area contributed by atoms with Crippen molar-refractivity contribution in [1.29, 1.82) is 0 Å². The van der Waals surface area contributed by atoms with E-state index in [0.717, 1.165) is 25.7 Å². The third-order valence-electron chi connectivity index (χ3n) is 15.9. The third-order valence-corrected chi connectivity index (χ3v) is 15.9. The smallest absolute Gasteiger partial charge is 0.306 e. The normalized spacial score (nSPS) is 48.0. The zero-order valence-electron chi connectivity index (χ0n) is 38.5. The Morgan fingerprint density at radius 3 is 2.22 bits per heavy atom. The summed E-state index contributed by atoms with van der Waals surface area (Å²) in [6.07, 6.45) is 6.69. The molecule has 2 spiro atoms. The Morgan fingerprint density at radius 1 is 0.850 bits per heavy atom. The second-order valence-corrected chi connectivity index (χ2v) is 20.5. The lowest BCUT2D eigenvalue weighted by atomic mass is 9.78. The van der Waals surface area contributed by atoms with Crippen molar-refractivity contribution < 1.29 is 62.8 Å². The first-order valence-electron chi connectivity index (χ1n) is 23.1. The van der Waals surface area contributed by atoms with Gasteiger partial charge in [-0.05, 0) is 77.2 Å². The van der Waals surface area contributed by atoms with Gasteiger partial charge in [-0.1, -0.05) is 61.5 Å². The molecule has 13 nitrogen and oxygen atoms in total. The quantitative estimate of drug-likeness (QED) is 0.160. The number of carboxylic acid groups (broad SMARTS) is 1. The Balaban J connectivity index is 1.22. The van der Waals surface area contributed by atoms with Crippen LogP contribution in [0.1, 0.15) is 140 Å². The lowest BCUT2D eigenvalue weighted by Gasteiger charge is -2.52. The summed E-state index contributed by atoms with van der Waals surface area (Å²) in [7, 11) is 1.71. The molecule has 0 bridgehead atoms. The van der Waals surface area contributed by atoms with Crippen molar-refractivity contribution >= 4 is 11.8 Å². The molecule has 6 aliphatic rings. The zero-order chi connectivity index (χ0) is 44.1. The van der Waals surface area contributed by atoms with Crippen LogP contribution in [-0.4, -0.2) is 113 Å². The van der Waals surface area contributed by atoms with E-state index >= 15 is 0 Å². The van der Waals surface area contributed by atoms with E-state index in [0.29, 0.717) is 37.7 Å². The third kappa shape index (κ3) is 9.33. The number of aliphatic carboxylic acids is 1. The summed E-state index contributed by atoms with van der Waals surface area (Å²) in [4.78, 5) is 25.0. The molecular weight excluding hydrogens is 773 g/mol. The predicted molar refractivity (Wildman–Crippen MR) is 222 cm³/mol. The molecule has 6 saturated heterocycles. The minimum Gasteiger partial charge on any atom is -0.481 e. The largest absolute Gasteiger partial charge is 0.481 e. The van der Waals surface area contributed by atoms with Crippen LogP contribution in [0.5, 0.6) is 0 Å². The fraction of sp³-hybridized carbons (Fsp3) is 0.915. The summed E-state index contributed by atoms with van der Waals surface area (Å²) in [5, 5.41) is 30.7. The van der Waals surface area contributed by atoms with Gasteiger partial charge in [0.15, 0.2) is 29.4 Å². The molecule has 6 aliphatic heterocycles. The van der Waals surface area contributed by atoms with E-state index in [-0.39, 0.29) is 90.4 Å². The van der Waals surface area contributed by atoms with E-state index in [4.69, 9.17) is 37.9 Å². The Morgan fingerprint density at radius 2 is 1.57 bits per heavy atom. The molecule has 0 saturated carbocycles. The first kappa shape index (κ1) is 47.9. The van der Waals surface area contributed by atoms with E-state index in [1.807, 2.05) is 26.8 Å². The van der Waals surface area contributed by atoms with Crippen molar-refractivity contribution in [2.45, 2.75) is 212 Å². The van der Waals surface area contributed by atoms with Crippen LogP contribution >= 0.6 is 0 Å². The van der Waals surface area contributed by atoms with Crippen LogP contribution in [0.15, 0.2) is 11.6 Å². The second-order valence-electron chi connectivity index (χ2n) is 20.5. The number of rotatable bonds is 13. The van der Waals surface area contributed by atoms with Crippen molar-refractivity contribution in [3.05, 3.63) is 11.6 Å². The molecule has 60 heavy (non-hydrogen) atoms. The topological polar surface area (TPSA) is 169 Å². The molecule has 6 fully saturated rings. The van der Waals surface area contributed by atoms with Crippen LogP contribution in [0, 0.1) is 47.3 Å². The summed E-state index contributed by atoms with van der Waals surface area (Å²) in [5.74, 6) is -5.73. The SMILES string of the molecule is CO[C@H]1CC[C@H](O[C@@H]2C[C@@H]([C@@H](C)/C=C(\C)C(=O)[C@H](C)C[C@H](C)C(=O)O)O[C@@]3(CC[C@@](C)([C@H]4CC[C@@H](C)[C@@]5(O[C@@H]([C@H]6O[C@@](O)(CO)[C@@H](C)C[C@@H]6C)C[C@@H]5C)O4)O3)[C@@H]2C)O[C@@H]1C. The van der Waals surface area contributed by atoms with Gasteiger partial charge in [-0.2, -0.15) is 0 Å². The Hall–Kier alpha value is -1.52. The highest BCUT2D eigenvalue weighted by Crippen LogP contribution is 2.57. The Bertz CT molecular complexity index is 1540. The minimum absolute atomic E-state index is 0.0101. The van der Waals surface area contributed by atoms with Crippen LogP contribution in [0.4, 0.5) is 0 Å². The maximum atomic E-state index is 13.5. The number of carbonyl (C=O) groups is 2. The number of allylic oxidation sites excluding steroid dienone is 1. The van der Waals surface area contributed by atoms with Gasteiger partial charge in [0, 0.05) is 61.9 Å². The summed E-state index contributed by atoms with van der Waals surface area (Å²) < 4.78 is 54.0. The van der Waals surface area contributed by atoms with Crippen LogP contribution < -0.4 is 0 Å². The minimum atomic E-state index is -1.61. The highest BCUT2D eigenvalue weighted by Gasteiger charge is 2.64. The van der Waals surface area contributed by atoms with Crippen LogP contribution in [-0.2, 0) is 47.5 Å². The van der Waals surface area contributed by atoms with Gasteiger partial charge in [-0.3, -0.25) is 9.59 Å². The number of Topliss-reactive ketones (excluding diaryl/α,β-unsaturated/α-hetero) is 1. The molecule has 0 aromatic carbocycles. The molecule has 0 aliphatic carbocycles. The molecule has 13 heteroatoms. The molecular formula is C47H78O13. The lowest BCUT2D eigenvalue weighted by Crippen LogP contribution is -2.60. The molecule has 0 unspecified atom stereocenters. The molecule has 0 aromatic rings. The van der Waals surface area contributed by atoms with Gasteiger partial charge in [-0.25, -0.2) is 0 Å². The van der Waals surface area contributed by atoms with E-state index in [9.17, 15) is 24.9 Å². The number of ether oxygens (including phenoxy) is 8. The van der Waals surface area contributed by atoms with Gasteiger partial charge < -0.3 is 53.2 Å². The summed E-state index contributed by atoms with van der Waals surface area (Å²) in [5.41, 5.74) is -0.116. The number of hydrogen-bond acceptors (Lipinski definition) is 12. The molecule has 6 rings (SSSR count). The van der Waals surface area contributed by atoms with Crippen molar-refractivity contribution in [3.63, 3.8) is 0 Å². The average Bonchev–Trinajstić information content (AvgIpc) is 3.72. The average molecular weight is 851 g/mol. The van der Waals surface area contributed by atoms with Gasteiger partial charge in [0.1, 0.15) is 0 Å². The molecule has 20 atom stereocenters. The molecule has 3 N–H and O–H groups in total. The number of methoxy groups -OCH3 is 1. The first-order chi connectivity index (χ1) is 28.1. The second kappa shape index (κ2) is 18.5. The fourth-order valence-electron chi connectivity index (χ4n) is 11.7. The highest BCUT2D eigenvalue weighted by atomic mass is 16.8.